The van der Waals surface area contributed by atoms with Gasteiger partial charge in [0.25, 0.3) is 0 Å². The van der Waals surface area contributed by atoms with E-state index < -0.39 is 17.7 Å². The standard InChI is InChI=1S/C45H39N3/c1-32-26-27-35(31-38(32)44(3,36-20-10-6-11-21-36)40-24-14-16-28-46-40)39-30-33(2)42(34-18-8-5-9-19-34)43(48-39)45(4,37-22-12-7-13-23-37)41-25-15-17-29-47-41/h5-31H,1-4H3/i1D3. The summed E-state index contributed by atoms with van der Waals surface area (Å²) in [5, 5.41) is 0. The Morgan fingerprint density at radius 1 is 0.521 bits per heavy atom. The van der Waals surface area contributed by atoms with Gasteiger partial charge in [-0.2, -0.15) is 0 Å². The molecule has 3 nitrogen and oxygen atoms in total. The van der Waals surface area contributed by atoms with Gasteiger partial charge in [-0.25, -0.2) is 0 Å². The molecule has 0 spiro atoms. The van der Waals surface area contributed by atoms with Crippen LogP contribution < -0.4 is 0 Å². The summed E-state index contributed by atoms with van der Waals surface area (Å²) >= 11 is 0. The molecule has 4 aromatic carbocycles. The first-order valence-electron chi connectivity index (χ1n) is 17.8. The Kier molecular flexibility index (Phi) is 7.35. The fourth-order valence-electron chi connectivity index (χ4n) is 6.98. The van der Waals surface area contributed by atoms with Crippen molar-refractivity contribution in [3.05, 3.63) is 209 Å². The number of hydrogen-bond donors (Lipinski definition) is 0. The highest BCUT2D eigenvalue weighted by Crippen LogP contribution is 2.45. The molecule has 3 heteroatoms. The fourth-order valence-corrected chi connectivity index (χ4v) is 6.98. The van der Waals surface area contributed by atoms with E-state index in [0.717, 1.165) is 56.2 Å². The molecule has 0 aliphatic rings. The SMILES string of the molecule is [2H]C([2H])([2H])c1ccc(-c2cc(C)c(-c3ccccc3)c(C(C)(c3ccccc3)c3ccccn3)n2)cc1C(C)(c1ccccc1)c1ccccn1. The van der Waals surface area contributed by atoms with Crippen LogP contribution in [0.15, 0.2) is 164 Å². The van der Waals surface area contributed by atoms with Gasteiger partial charge in [-0.3, -0.25) is 15.0 Å². The van der Waals surface area contributed by atoms with Gasteiger partial charge < -0.3 is 0 Å². The highest BCUT2D eigenvalue weighted by Gasteiger charge is 2.38. The topological polar surface area (TPSA) is 38.7 Å². The third-order valence-corrected chi connectivity index (χ3v) is 9.66. The molecular weight excluding hydrogens is 583 g/mol. The van der Waals surface area contributed by atoms with Crippen LogP contribution in [0.3, 0.4) is 0 Å². The Hall–Kier alpha value is -5.67. The van der Waals surface area contributed by atoms with Crippen molar-refractivity contribution in [2.45, 2.75) is 38.5 Å². The summed E-state index contributed by atoms with van der Waals surface area (Å²) < 4.78 is 25.9. The lowest BCUT2D eigenvalue weighted by Crippen LogP contribution is -2.29. The van der Waals surface area contributed by atoms with Gasteiger partial charge in [0.2, 0.25) is 0 Å². The highest BCUT2D eigenvalue weighted by atomic mass is 14.8. The molecule has 0 amide bonds. The van der Waals surface area contributed by atoms with E-state index in [1.54, 1.807) is 12.3 Å². The second-order valence-corrected chi connectivity index (χ2v) is 12.6. The van der Waals surface area contributed by atoms with Crippen LogP contribution >= 0.6 is 0 Å². The second kappa shape index (κ2) is 12.8. The molecule has 7 aromatic rings. The summed E-state index contributed by atoms with van der Waals surface area (Å²) in [7, 11) is 0. The minimum absolute atomic E-state index is 0.281. The van der Waals surface area contributed by atoms with Crippen molar-refractivity contribution in [3.63, 3.8) is 0 Å². The minimum atomic E-state index is -2.37. The maximum absolute atomic E-state index is 8.65. The molecule has 0 saturated carbocycles. The Balaban J connectivity index is 1.54. The quantitative estimate of drug-likeness (QED) is 0.169. The van der Waals surface area contributed by atoms with Crippen LogP contribution in [0.2, 0.25) is 0 Å². The second-order valence-electron chi connectivity index (χ2n) is 12.6. The van der Waals surface area contributed by atoms with Gasteiger partial charge >= 0.3 is 0 Å². The van der Waals surface area contributed by atoms with E-state index >= 15 is 0 Å². The zero-order valence-electron chi connectivity index (χ0n) is 30.4. The van der Waals surface area contributed by atoms with Gasteiger partial charge in [0.15, 0.2) is 0 Å². The Morgan fingerprint density at radius 3 is 1.62 bits per heavy atom. The van der Waals surface area contributed by atoms with Gasteiger partial charge in [0.05, 0.1) is 33.6 Å². The fraction of sp³-hybridized carbons (Fsp3) is 0.133. The first-order chi connectivity index (χ1) is 24.6. The number of aryl methyl sites for hydroxylation is 2. The van der Waals surface area contributed by atoms with E-state index in [2.05, 4.69) is 81.4 Å². The van der Waals surface area contributed by atoms with Crippen molar-refractivity contribution in [1.82, 2.24) is 15.0 Å². The molecule has 0 bridgehead atoms. The van der Waals surface area contributed by atoms with Crippen molar-refractivity contribution < 1.29 is 4.11 Å². The van der Waals surface area contributed by atoms with E-state index in [-0.39, 0.29) is 5.56 Å². The molecule has 3 aromatic heterocycles. The van der Waals surface area contributed by atoms with E-state index in [9.17, 15) is 0 Å². The molecule has 0 radical (unpaired) electrons. The third kappa shape index (κ3) is 5.42. The summed E-state index contributed by atoms with van der Waals surface area (Å²) in [4.78, 5) is 15.3. The molecule has 2 atom stereocenters. The van der Waals surface area contributed by atoms with Crippen molar-refractivity contribution in [2.75, 3.05) is 0 Å². The van der Waals surface area contributed by atoms with Crippen molar-refractivity contribution >= 4 is 0 Å². The van der Waals surface area contributed by atoms with E-state index in [1.165, 1.54) is 0 Å². The minimum Gasteiger partial charge on any atom is -0.260 e. The number of benzene rings is 4. The highest BCUT2D eigenvalue weighted by molar-refractivity contribution is 5.77. The summed E-state index contributed by atoms with van der Waals surface area (Å²) in [5.41, 5.74) is 8.56. The normalized spacial score (nSPS) is 14.9. The molecule has 3 heterocycles. The van der Waals surface area contributed by atoms with Crippen molar-refractivity contribution in [1.29, 1.82) is 0 Å². The summed E-state index contributed by atoms with van der Waals surface area (Å²) in [5.74, 6) is 0. The molecule has 48 heavy (non-hydrogen) atoms. The lowest BCUT2D eigenvalue weighted by molar-refractivity contribution is 0.643. The number of hydrogen-bond acceptors (Lipinski definition) is 3. The first kappa shape index (κ1) is 27.4. The third-order valence-electron chi connectivity index (χ3n) is 9.66. The molecule has 2 unspecified atom stereocenters. The molecular formula is C45H39N3. The average Bonchev–Trinajstić information content (AvgIpc) is 3.18. The lowest BCUT2D eigenvalue weighted by Gasteiger charge is -2.33. The maximum Gasteiger partial charge on any atom is 0.0774 e. The van der Waals surface area contributed by atoms with Crippen molar-refractivity contribution in [2.24, 2.45) is 0 Å². The first-order valence-corrected chi connectivity index (χ1v) is 16.3. The number of aromatic nitrogens is 3. The lowest BCUT2D eigenvalue weighted by atomic mass is 9.71. The maximum atomic E-state index is 8.65. The van der Waals surface area contributed by atoms with Crippen LogP contribution in [0.25, 0.3) is 22.4 Å². The smallest absolute Gasteiger partial charge is 0.0774 e. The molecule has 0 N–H and O–H groups in total. The molecule has 0 saturated heterocycles. The molecule has 7 rings (SSSR count). The number of rotatable bonds is 8. The van der Waals surface area contributed by atoms with Crippen LogP contribution in [-0.4, -0.2) is 15.0 Å². The average molecular weight is 625 g/mol. The van der Waals surface area contributed by atoms with Gasteiger partial charge in [-0.15, -0.1) is 0 Å². The van der Waals surface area contributed by atoms with Gasteiger partial charge in [0.1, 0.15) is 0 Å². The number of nitrogens with zero attached hydrogens (tertiary/aromatic N) is 3. The Bertz CT molecular complexity index is 2180. The number of pyridine rings is 3. The van der Waals surface area contributed by atoms with Gasteiger partial charge in [-0.1, -0.05) is 115 Å². The zero-order valence-corrected chi connectivity index (χ0v) is 27.4. The van der Waals surface area contributed by atoms with Gasteiger partial charge in [0, 0.05) is 27.6 Å². The molecule has 0 fully saturated rings. The molecule has 234 valence electrons. The summed E-state index contributed by atoms with van der Waals surface area (Å²) in [6, 6.07) is 50.4. The monoisotopic (exact) mass is 624 g/mol. The van der Waals surface area contributed by atoms with E-state index in [0.29, 0.717) is 5.56 Å². The van der Waals surface area contributed by atoms with Crippen molar-refractivity contribution in [3.8, 4) is 22.4 Å². The van der Waals surface area contributed by atoms with Crippen LogP contribution in [-0.2, 0) is 10.8 Å². The van der Waals surface area contributed by atoms with Crippen LogP contribution in [0, 0.1) is 13.8 Å². The van der Waals surface area contributed by atoms with Crippen LogP contribution in [0.5, 0.6) is 0 Å². The Labute approximate surface area is 288 Å². The van der Waals surface area contributed by atoms with E-state index in [4.69, 9.17) is 19.1 Å². The van der Waals surface area contributed by atoms with Gasteiger partial charge in [-0.05, 0) is 97.4 Å². The van der Waals surface area contributed by atoms with Crippen LogP contribution in [0.1, 0.15) is 62.9 Å². The summed E-state index contributed by atoms with van der Waals surface area (Å²) in [6.07, 6.45) is 3.59. The predicted molar refractivity (Wildman–Crippen MR) is 197 cm³/mol. The molecule has 0 aliphatic heterocycles. The van der Waals surface area contributed by atoms with E-state index in [1.807, 2.05) is 91.1 Å². The summed E-state index contributed by atoms with van der Waals surface area (Å²) in [6.45, 7) is 4.02. The zero-order chi connectivity index (χ0) is 35.6. The Morgan fingerprint density at radius 2 is 1.06 bits per heavy atom. The largest absolute Gasteiger partial charge is 0.260 e. The molecule has 0 aliphatic carbocycles. The van der Waals surface area contributed by atoms with Crippen LogP contribution in [0.4, 0.5) is 0 Å². The predicted octanol–water partition coefficient (Wildman–Crippen LogP) is 10.5.